The summed E-state index contributed by atoms with van der Waals surface area (Å²) in [7, 11) is 3.37. The molecular weight excluding hydrogens is 192 g/mol. The lowest BCUT2D eigenvalue weighted by atomic mass is 9.95. The third kappa shape index (κ3) is 1.12. The van der Waals surface area contributed by atoms with E-state index in [-0.39, 0.29) is 0 Å². The number of hydrogen-bond donors (Lipinski definition) is 0. The minimum Gasteiger partial charge on any atom is -0.496 e. The second-order valence-corrected chi connectivity index (χ2v) is 3.68. The molecule has 0 aromatic heterocycles. The molecule has 1 heterocycles. The van der Waals surface area contributed by atoms with E-state index in [0.717, 1.165) is 41.4 Å². The molecule has 0 N–H and O–H groups in total. The number of allylic oxidation sites excluding steroid dienone is 1. The first kappa shape index (κ1) is 8.65. The lowest BCUT2D eigenvalue weighted by molar-refractivity contribution is 0.397. The molecule has 1 aliphatic carbocycles. The van der Waals surface area contributed by atoms with E-state index in [1.54, 1.807) is 14.2 Å². The van der Waals surface area contributed by atoms with Crippen molar-refractivity contribution in [3.05, 3.63) is 29.0 Å². The lowest BCUT2D eigenvalue weighted by Gasteiger charge is -2.14. The van der Waals surface area contributed by atoms with E-state index >= 15 is 0 Å². The zero-order valence-electron chi connectivity index (χ0n) is 8.79. The Morgan fingerprint density at radius 2 is 1.80 bits per heavy atom. The van der Waals surface area contributed by atoms with Crippen LogP contribution in [0.15, 0.2) is 17.9 Å². The smallest absolute Gasteiger partial charge is 0.176 e. The Balaban J connectivity index is 2.22. The van der Waals surface area contributed by atoms with Gasteiger partial charge in [-0.1, -0.05) is 0 Å². The molecule has 0 atom stereocenters. The molecule has 1 aliphatic heterocycles. The van der Waals surface area contributed by atoms with Crippen molar-refractivity contribution >= 4 is 5.76 Å². The molecule has 0 radical (unpaired) electrons. The highest BCUT2D eigenvalue weighted by Gasteiger charge is 2.36. The zero-order valence-corrected chi connectivity index (χ0v) is 8.79. The molecule has 78 valence electrons. The minimum atomic E-state index is 0.871. The molecule has 0 amide bonds. The highest BCUT2D eigenvalue weighted by atomic mass is 16.6. The predicted molar refractivity (Wildman–Crippen MR) is 55.9 cm³/mol. The first-order chi connectivity index (χ1) is 7.35. The van der Waals surface area contributed by atoms with Crippen LogP contribution in [0.5, 0.6) is 11.5 Å². The van der Waals surface area contributed by atoms with Crippen LogP contribution in [-0.2, 0) is 11.2 Å². The molecular formula is C12H12O3. The summed E-state index contributed by atoms with van der Waals surface area (Å²) in [6.45, 7) is 0. The minimum absolute atomic E-state index is 0.871. The average molecular weight is 204 g/mol. The number of methoxy groups -OCH3 is 2. The predicted octanol–water partition coefficient (Wildman–Crippen LogP) is 2.35. The van der Waals surface area contributed by atoms with Gasteiger partial charge in [0.05, 0.1) is 19.8 Å². The summed E-state index contributed by atoms with van der Waals surface area (Å²) in [5.41, 5.74) is 2.28. The van der Waals surface area contributed by atoms with E-state index in [9.17, 15) is 0 Å². The maximum atomic E-state index is 5.44. The quantitative estimate of drug-likeness (QED) is 0.740. The number of hydrogen-bond acceptors (Lipinski definition) is 3. The Morgan fingerprint density at radius 3 is 2.53 bits per heavy atom. The van der Waals surface area contributed by atoms with Crippen LogP contribution < -0.4 is 9.47 Å². The fourth-order valence-electron chi connectivity index (χ4n) is 2.16. The topological polar surface area (TPSA) is 31.0 Å². The number of ether oxygens (including phenoxy) is 3. The summed E-state index contributed by atoms with van der Waals surface area (Å²) in [5.74, 6) is 3.89. The van der Waals surface area contributed by atoms with Gasteiger partial charge in [-0.25, -0.2) is 0 Å². The zero-order chi connectivity index (χ0) is 10.4. The van der Waals surface area contributed by atoms with E-state index in [1.807, 2.05) is 12.1 Å². The van der Waals surface area contributed by atoms with Crippen LogP contribution in [0, 0.1) is 0 Å². The lowest BCUT2D eigenvalue weighted by Crippen LogP contribution is -2.01. The van der Waals surface area contributed by atoms with Crippen LogP contribution in [-0.4, -0.2) is 14.2 Å². The second-order valence-electron chi connectivity index (χ2n) is 3.68. The maximum absolute atomic E-state index is 5.44. The molecule has 3 heteroatoms. The molecule has 2 aliphatic rings. The molecule has 0 fully saturated rings. The number of rotatable bonds is 2. The summed E-state index contributed by atoms with van der Waals surface area (Å²) in [6.07, 6.45) is 1.94. The molecule has 3 nitrogen and oxygen atoms in total. The van der Waals surface area contributed by atoms with Crippen molar-refractivity contribution in [3.63, 3.8) is 0 Å². The molecule has 1 aromatic rings. The van der Waals surface area contributed by atoms with Gasteiger partial charge in [-0.3, -0.25) is 0 Å². The van der Waals surface area contributed by atoms with Gasteiger partial charge in [0.2, 0.25) is 0 Å². The van der Waals surface area contributed by atoms with Gasteiger partial charge in [-0.2, -0.15) is 0 Å². The van der Waals surface area contributed by atoms with Crippen LogP contribution >= 0.6 is 0 Å². The molecule has 15 heavy (non-hydrogen) atoms. The van der Waals surface area contributed by atoms with Gasteiger partial charge < -0.3 is 14.2 Å². The van der Waals surface area contributed by atoms with Crippen molar-refractivity contribution in [2.24, 2.45) is 0 Å². The average Bonchev–Trinajstić information content (AvgIpc) is 3.06. The van der Waals surface area contributed by atoms with Crippen molar-refractivity contribution in [3.8, 4) is 11.5 Å². The van der Waals surface area contributed by atoms with E-state index in [2.05, 4.69) is 0 Å². The fourth-order valence-corrected chi connectivity index (χ4v) is 2.16. The Hall–Kier alpha value is -1.64. The second kappa shape index (κ2) is 2.92. The first-order valence-corrected chi connectivity index (χ1v) is 5.00. The summed E-state index contributed by atoms with van der Waals surface area (Å²) >= 11 is 0. The van der Waals surface area contributed by atoms with Crippen LogP contribution in [0.2, 0.25) is 0 Å². The molecule has 1 aromatic carbocycles. The summed E-state index contributed by atoms with van der Waals surface area (Å²) in [5, 5.41) is 0. The third-order valence-corrected chi connectivity index (χ3v) is 2.94. The molecule has 0 bridgehead atoms. The molecule has 0 unspecified atom stereocenters. The Labute approximate surface area is 88.3 Å². The van der Waals surface area contributed by atoms with Gasteiger partial charge in [0.15, 0.2) is 5.76 Å². The number of benzene rings is 1. The summed E-state index contributed by atoms with van der Waals surface area (Å²) in [6, 6.07) is 3.88. The Bertz CT molecular complexity index is 460. The monoisotopic (exact) mass is 204 g/mol. The van der Waals surface area contributed by atoms with Crippen molar-refractivity contribution in [2.45, 2.75) is 12.8 Å². The maximum Gasteiger partial charge on any atom is 0.176 e. The summed E-state index contributed by atoms with van der Waals surface area (Å²) in [4.78, 5) is 0. The van der Waals surface area contributed by atoms with Gasteiger partial charge in [0, 0.05) is 12.0 Å². The van der Waals surface area contributed by atoms with E-state index in [0.29, 0.717) is 0 Å². The normalized spacial score (nSPS) is 16.4. The summed E-state index contributed by atoms with van der Waals surface area (Å²) < 4.78 is 16.1. The molecule has 0 saturated carbocycles. The number of fused-ring (bicyclic) bond motifs is 2. The van der Waals surface area contributed by atoms with Crippen LogP contribution in [0.1, 0.15) is 17.5 Å². The largest absolute Gasteiger partial charge is 0.496 e. The highest BCUT2D eigenvalue weighted by molar-refractivity contribution is 5.81. The van der Waals surface area contributed by atoms with Crippen LogP contribution in [0.4, 0.5) is 0 Å². The van der Waals surface area contributed by atoms with Gasteiger partial charge in [-0.15, -0.1) is 0 Å². The Kier molecular flexibility index (Phi) is 1.69. The van der Waals surface area contributed by atoms with Crippen LogP contribution in [0.3, 0.4) is 0 Å². The van der Waals surface area contributed by atoms with Gasteiger partial charge in [0.1, 0.15) is 17.3 Å². The van der Waals surface area contributed by atoms with Crippen molar-refractivity contribution in [2.75, 3.05) is 14.2 Å². The first-order valence-electron chi connectivity index (χ1n) is 5.00. The van der Waals surface area contributed by atoms with Gasteiger partial charge in [0.25, 0.3) is 0 Å². The van der Waals surface area contributed by atoms with Crippen LogP contribution in [0.25, 0.3) is 5.76 Å². The van der Waals surface area contributed by atoms with Crippen molar-refractivity contribution in [1.82, 2.24) is 0 Å². The Morgan fingerprint density at radius 1 is 1.07 bits per heavy atom. The van der Waals surface area contributed by atoms with Gasteiger partial charge >= 0.3 is 0 Å². The molecule has 3 rings (SSSR count). The molecule has 0 saturated heterocycles. The van der Waals surface area contributed by atoms with E-state index in [1.165, 1.54) is 5.56 Å². The highest BCUT2D eigenvalue weighted by Crippen LogP contribution is 2.50. The van der Waals surface area contributed by atoms with Gasteiger partial charge in [-0.05, 0) is 18.6 Å². The van der Waals surface area contributed by atoms with Crippen molar-refractivity contribution < 1.29 is 14.2 Å². The van der Waals surface area contributed by atoms with E-state index < -0.39 is 0 Å². The molecule has 0 spiro atoms. The fraction of sp³-hybridized carbons (Fsp3) is 0.333. The van der Waals surface area contributed by atoms with E-state index in [4.69, 9.17) is 14.2 Å². The standard InChI is InChI=1S/C12H12O3/c1-13-8-5-6-9(14-2)11-7(8)3-4-10-12(11)15-10/h5-6H,3-4H2,1-2H3. The SMILES string of the molecule is COc1ccc(OC)c2c1CCC1=C2O1. The van der Waals surface area contributed by atoms with Crippen molar-refractivity contribution in [1.29, 1.82) is 0 Å². The third-order valence-electron chi connectivity index (χ3n) is 2.94.